The molecule has 0 fully saturated rings. The van der Waals surface area contributed by atoms with Gasteiger partial charge in [0, 0.05) is 13.3 Å². The van der Waals surface area contributed by atoms with Crippen LogP contribution in [0.25, 0.3) is 0 Å². The summed E-state index contributed by atoms with van der Waals surface area (Å²) in [5.41, 5.74) is 0. The highest BCUT2D eigenvalue weighted by Gasteiger charge is 2.19. The maximum absolute atomic E-state index is 11.4. The number of rotatable bonds is 8. The summed E-state index contributed by atoms with van der Waals surface area (Å²) >= 11 is 0. The zero-order valence-corrected chi connectivity index (χ0v) is 11.4. The highest BCUT2D eigenvalue weighted by molar-refractivity contribution is 7.39. The Balaban J connectivity index is 3.71. The molecule has 0 spiro atoms. The summed E-state index contributed by atoms with van der Waals surface area (Å²) in [6, 6.07) is 1.88. The third kappa shape index (κ3) is 9.92. The van der Waals surface area contributed by atoms with Gasteiger partial charge in [0.1, 0.15) is 12.7 Å². The molecular weight excluding hydrogens is 241 g/mol. The zero-order chi connectivity index (χ0) is 13.3. The van der Waals surface area contributed by atoms with Gasteiger partial charge < -0.3 is 4.74 Å². The van der Waals surface area contributed by atoms with E-state index in [1.54, 1.807) is 0 Å². The Bertz CT molecular complexity index is 298. The number of hydrogen-bond acceptors (Lipinski definition) is 5. The Morgan fingerprint density at radius 2 is 2.12 bits per heavy atom. The van der Waals surface area contributed by atoms with E-state index in [2.05, 4.69) is 0 Å². The van der Waals surface area contributed by atoms with Crippen molar-refractivity contribution >= 4 is 14.0 Å². The quantitative estimate of drug-likeness (QED) is 0.495. The van der Waals surface area contributed by atoms with E-state index >= 15 is 0 Å². The molecule has 17 heavy (non-hydrogen) atoms. The normalized spacial score (nSPS) is 13.0. The van der Waals surface area contributed by atoms with E-state index in [4.69, 9.17) is 14.5 Å². The first-order chi connectivity index (χ1) is 7.95. The minimum absolute atomic E-state index is 0.349. The van der Waals surface area contributed by atoms with Crippen molar-refractivity contribution < 1.29 is 18.6 Å². The maximum Gasteiger partial charge on any atom is 0.508 e. The Morgan fingerprint density at radius 3 is 2.59 bits per heavy atom. The molecule has 0 aliphatic heterocycles. The fraction of sp³-hybridized carbons (Fsp3) is 0.818. The van der Waals surface area contributed by atoms with Crippen molar-refractivity contribution in [3.63, 3.8) is 0 Å². The lowest BCUT2D eigenvalue weighted by atomic mass is 10.2. The van der Waals surface area contributed by atoms with Gasteiger partial charge in [0.05, 0.1) is 0 Å². The molecule has 0 heterocycles. The van der Waals surface area contributed by atoms with E-state index in [0.717, 1.165) is 0 Å². The SMILES string of the molecule is CC(=O)OC(C#N)CCC[P+](=O)OCC(C)C. The molecule has 2 unspecified atom stereocenters. The molecule has 2 atom stereocenters. The first kappa shape index (κ1) is 16.0. The Morgan fingerprint density at radius 1 is 1.47 bits per heavy atom. The summed E-state index contributed by atoms with van der Waals surface area (Å²) in [5.74, 6) is -0.126. The number of nitrogens with zero attached hydrogens (tertiary/aromatic N) is 1. The number of carbonyl (C=O) groups excluding carboxylic acids is 1. The van der Waals surface area contributed by atoms with Gasteiger partial charge >= 0.3 is 14.0 Å². The molecule has 0 aliphatic rings. The van der Waals surface area contributed by atoms with Crippen LogP contribution in [0.5, 0.6) is 0 Å². The largest absolute Gasteiger partial charge is 0.508 e. The topological polar surface area (TPSA) is 76.4 Å². The molecule has 0 amide bonds. The molecule has 0 aromatic carbocycles. The number of hydrogen-bond donors (Lipinski definition) is 0. The fourth-order valence-corrected chi connectivity index (χ4v) is 2.09. The number of ether oxygens (including phenoxy) is 1. The van der Waals surface area contributed by atoms with Gasteiger partial charge in [-0.2, -0.15) is 5.26 Å². The summed E-state index contributed by atoms with van der Waals surface area (Å²) in [6.07, 6.45) is 0.573. The predicted molar refractivity (Wildman–Crippen MR) is 63.7 cm³/mol. The molecular formula is C11H19NO4P+. The van der Waals surface area contributed by atoms with Gasteiger partial charge in [0.25, 0.3) is 0 Å². The minimum atomic E-state index is -1.67. The molecule has 5 nitrogen and oxygen atoms in total. The summed E-state index contributed by atoms with van der Waals surface area (Å²) in [4.78, 5) is 10.6. The lowest BCUT2D eigenvalue weighted by Gasteiger charge is -2.06. The lowest BCUT2D eigenvalue weighted by Crippen LogP contribution is -2.14. The Hall–Kier alpha value is -0.980. The van der Waals surface area contributed by atoms with Crippen molar-refractivity contribution in [2.24, 2.45) is 5.92 Å². The molecule has 0 radical (unpaired) electrons. The molecule has 0 aromatic rings. The number of esters is 1. The van der Waals surface area contributed by atoms with Crippen molar-refractivity contribution in [2.75, 3.05) is 12.8 Å². The van der Waals surface area contributed by atoms with Crippen molar-refractivity contribution in [3.8, 4) is 6.07 Å². The third-order valence-corrected chi connectivity index (χ3v) is 2.93. The van der Waals surface area contributed by atoms with E-state index < -0.39 is 20.1 Å². The number of carbonyl (C=O) groups is 1. The van der Waals surface area contributed by atoms with Crippen LogP contribution in [0, 0.1) is 17.2 Å². The van der Waals surface area contributed by atoms with Crippen LogP contribution >= 0.6 is 8.03 Å². The molecule has 0 saturated heterocycles. The highest BCUT2D eigenvalue weighted by Crippen LogP contribution is 2.25. The van der Waals surface area contributed by atoms with Crippen LogP contribution in [0.4, 0.5) is 0 Å². The molecule has 0 saturated carbocycles. The molecule has 0 aromatic heterocycles. The lowest BCUT2D eigenvalue weighted by molar-refractivity contribution is -0.144. The van der Waals surface area contributed by atoms with Crippen molar-refractivity contribution in [2.45, 2.75) is 39.7 Å². The fourth-order valence-electron chi connectivity index (χ4n) is 1.05. The maximum atomic E-state index is 11.4. The van der Waals surface area contributed by atoms with Gasteiger partial charge in [-0.3, -0.25) is 4.79 Å². The van der Waals surface area contributed by atoms with Gasteiger partial charge in [-0.25, -0.2) is 0 Å². The summed E-state index contributed by atoms with van der Waals surface area (Å²) in [5, 5.41) is 8.68. The molecule has 0 bridgehead atoms. The second-order valence-electron chi connectivity index (χ2n) is 4.12. The van der Waals surface area contributed by atoms with Crippen molar-refractivity contribution in [1.29, 1.82) is 5.26 Å². The van der Waals surface area contributed by atoms with E-state index in [-0.39, 0.29) is 0 Å². The summed E-state index contributed by atoms with van der Waals surface area (Å²) < 4.78 is 21.2. The average molecular weight is 260 g/mol. The number of nitriles is 1. The molecule has 0 rings (SSSR count). The second-order valence-corrected chi connectivity index (χ2v) is 5.49. The van der Waals surface area contributed by atoms with Gasteiger partial charge in [0.2, 0.25) is 0 Å². The molecule has 96 valence electrons. The molecule has 6 heteroatoms. The zero-order valence-electron chi connectivity index (χ0n) is 10.5. The summed E-state index contributed by atoms with van der Waals surface area (Å²) in [6.45, 7) is 5.70. The standard InChI is InChI=1S/C11H19NO4P/c1-9(2)8-15-17(14)6-4-5-11(7-12)16-10(3)13/h9,11H,4-6,8H2,1-3H3/q+1. The van der Waals surface area contributed by atoms with Gasteiger partial charge in [-0.1, -0.05) is 13.8 Å². The van der Waals surface area contributed by atoms with Crippen LogP contribution in [0.2, 0.25) is 0 Å². The summed E-state index contributed by atoms with van der Waals surface area (Å²) in [7, 11) is -1.67. The van der Waals surface area contributed by atoms with E-state index in [9.17, 15) is 9.36 Å². The van der Waals surface area contributed by atoms with Crippen LogP contribution in [-0.2, 0) is 18.6 Å². The van der Waals surface area contributed by atoms with Crippen LogP contribution in [0.15, 0.2) is 0 Å². The van der Waals surface area contributed by atoms with E-state index in [1.807, 2.05) is 19.9 Å². The van der Waals surface area contributed by atoms with E-state index in [1.165, 1.54) is 6.92 Å². The van der Waals surface area contributed by atoms with Crippen molar-refractivity contribution in [1.82, 2.24) is 0 Å². The van der Waals surface area contributed by atoms with Crippen LogP contribution in [0.1, 0.15) is 33.6 Å². The molecule has 0 aliphatic carbocycles. The second kappa shape index (κ2) is 9.09. The predicted octanol–water partition coefficient (Wildman–Crippen LogP) is 2.64. The van der Waals surface area contributed by atoms with Gasteiger partial charge in [0.15, 0.2) is 12.3 Å². The third-order valence-electron chi connectivity index (χ3n) is 1.81. The molecule has 0 N–H and O–H groups in total. The van der Waals surface area contributed by atoms with E-state index in [0.29, 0.717) is 31.5 Å². The van der Waals surface area contributed by atoms with Gasteiger partial charge in [-0.05, 0) is 16.9 Å². The Labute approximate surface area is 103 Å². The van der Waals surface area contributed by atoms with Crippen LogP contribution in [0.3, 0.4) is 0 Å². The van der Waals surface area contributed by atoms with Crippen LogP contribution in [-0.4, -0.2) is 24.8 Å². The van der Waals surface area contributed by atoms with Crippen molar-refractivity contribution in [3.05, 3.63) is 0 Å². The first-order valence-corrected chi connectivity index (χ1v) is 6.96. The minimum Gasteiger partial charge on any atom is -0.447 e. The Kier molecular flexibility index (Phi) is 8.57. The monoisotopic (exact) mass is 260 g/mol. The van der Waals surface area contributed by atoms with Crippen LogP contribution < -0.4 is 0 Å². The average Bonchev–Trinajstić information content (AvgIpc) is 2.24. The smallest absolute Gasteiger partial charge is 0.447 e. The van der Waals surface area contributed by atoms with Gasteiger partial charge in [-0.15, -0.1) is 4.52 Å². The highest BCUT2D eigenvalue weighted by atomic mass is 31.1. The first-order valence-electron chi connectivity index (χ1n) is 5.60.